The van der Waals surface area contributed by atoms with E-state index >= 15 is 0 Å². The number of rotatable bonds is 0. The van der Waals surface area contributed by atoms with Crippen molar-refractivity contribution in [2.45, 2.75) is 0 Å². The highest BCUT2D eigenvalue weighted by Crippen LogP contribution is 2.10. The summed E-state index contributed by atoms with van der Waals surface area (Å²) in [5, 5.41) is 9.18. The van der Waals surface area contributed by atoms with Crippen molar-refractivity contribution in [3.8, 4) is 11.4 Å². The molecule has 0 spiro atoms. The maximum atomic E-state index is 11.1. The van der Waals surface area contributed by atoms with Crippen molar-refractivity contribution in [1.29, 1.82) is 0 Å². The van der Waals surface area contributed by atoms with Crippen LogP contribution < -0.4 is 5.56 Å². The lowest BCUT2D eigenvalue weighted by atomic mass is 10.2. The van der Waals surface area contributed by atoms with Gasteiger partial charge in [0.2, 0.25) is 0 Å². The Morgan fingerprint density at radius 2 is 2.25 bits per heavy atom. The Kier molecular flexibility index (Phi) is 1.30. The Labute approximate surface area is 67.2 Å². The lowest BCUT2D eigenvalue weighted by Crippen LogP contribution is -2.14. The molecule has 0 aromatic rings. The Hall–Kier alpha value is -1.91. The standard InChI is InChI=1S/C7H5N3O2/c11-7-5-2-1-3-10(12)6(5)8-4-9-7/h1-4,12H. The van der Waals surface area contributed by atoms with Gasteiger partial charge in [0.1, 0.15) is 6.33 Å². The summed E-state index contributed by atoms with van der Waals surface area (Å²) in [6, 6.07) is 3.11. The fraction of sp³-hybridized carbons (Fsp3) is 0. The Morgan fingerprint density at radius 1 is 1.42 bits per heavy atom. The summed E-state index contributed by atoms with van der Waals surface area (Å²) < 4.78 is 0.790. The first-order valence-corrected chi connectivity index (χ1v) is 3.30. The summed E-state index contributed by atoms with van der Waals surface area (Å²) >= 11 is 0. The van der Waals surface area contributed by atoms with Crippen LogP contribution in [0, 0.1) is 0 Å². The summed E-state index contributed by atoms with van der Waals surface area (Å²) in [6.45, 7) is 0. The molecule has 12 heavy (non-hydrogen) atoms. The fourth-order valence-electron chi connectivity index (χ4n) is 0.990. The summed E-state index contributed by atoms with van der Waals surface area (Å²) in [7, 11) is 0. The van der Waals surface area contributed by atoms with E-state index in [-0.39, 0.29) is 11.4 Å². The first-order chi connectivity index (χ1) is 5.79. The van der Waals surface area contributed by atoms with Gasteiger partial charge in [0, 0.05) is 6.20 Å². The predicted molar refractivity (Wildman–Crippen MR) is 40.1 cm³/mol. The molecule has 0 radical (unpaired) electrons. The molecule has 0 atom stereocenters. The number of aromatic nitrogens is 3. The van der Waals surface area contributed by atoms with Gasteiger partial charge in [0.15, 0.2) is 5.82 Å². The summed E-state index contributed by atoms with van der Waals surface area (Å²) in [4.78, 5) is 18.3. The van der Waals surface area contributed by atoms with Gasteiger partial charge in [-0.25, -0.2) is 4.98 Å². The van der Waals surface area contributed by atoms with Gasteiger partial charge in [-0.3, -0.25) is 4.79 Å². The molecule has 0 saturated heterocycles. The third kappa shape index (κ3) is 0.833. The van der Waals surface area contributed by atoms with Gasteiger partial charge in [0.05, 0.1) is 5.56 Å². The smallest absolute Gasteiger partial charge is 0.282 e. The quantitative estimate of drug-likeness (QED) is 0.554. The highest BCUT2D eigenvalue weighted by Gasteiger charge is 2.09. The van der Waals surface area contributed by atoms with Crippen molar-refractivity contribution in [2.75, 3.05) is 0 Å². The third-order valence-electron chi connectivity index (χ3n) is 1.53. The van der Waals surface area contributed by atoms with Gasteiger partial charge >= 0.3 is 0 Å². The second-order valence-electron chi connectivity index (χ2n) is 2.27. The third-order valence-corrected chi connectivity index (χ3v) is 1.53. The highest BCUT2D eigenvalue weighted by molar-refractivity contribution is 5.53. The van der Waals surface area contributed by atoms with Crippen LogP contribution in [0.25, 0.3) is 11.4 Å². The molecule has 5 nitrogen and oxygen atoms in total. The monoisotopic (exact) mass is 163 g/mol. The molecule has 0 amide bonds. The van der Waals surface area contributed by atoms with Crippen LogP contribution in [0.1, 0.15) is 0 Å². The maximum absolute atomic E-state index is 11.1. The molecule has 1 N–H and O–H groups in total. The topological polar surface area (TPSA) is 68.0 Å². The number of pyridine rings is 1. The molecule has 0 fully saturated rings. The first kappa shape index (κ1) is 6.78. The van der Waals surface area contributed by atoms with Crippen LogP contribution >= 0.6 is 0 Å². The second-order valence-corrected chi connectivity index (χ2v) is 2.27. The minimum atomic E-state index is -0.386. The molecule has 0 bridgehead atoms. The normalized spacial score (nSPS) is 10.3. The van der Waals surface area contributed by atoms with Gasteiger partial charge in [-0.05, 0) is 12.1 Å². The van der Waals surface area contributed by atoms with Crippen molar-refractivity contribution in [2.24, 2.45) is 0 Å². The van der Waals surface area contributed by atoms with E-state index in [2.05, 4.69) is 9.97 Å². The SMILES string of the molecule is O=c1ncnc2n(O)cccc1-2. The molecular formula is C7H5N3O2. The summed E-state index contributed by atoms with van der Waals surface area (Å²) in [6.07, 6.45) is 2.52. The fourth-order valence-corrected chi connectivity index (χ4v) is 0.990. The zero-order valence-electron chi connectivity index (χ0n) is 6.01. The molecule has 2 aliphatic heterocycles. The van der Waals surface area contributed by atoms with E-state index in [9.17, 15) is 10.0 Å². The molecule has 0 aliphatic carbocycles. The van der Waals surface area contributed by atoms with Crippen LogP contribution in [0.2, 0.25) is 0 Å². The Morgan fingerprint density at radius 3 is 3.00 bits per heavy atom. The van der Waals surface area contributed by atoms with E-state index < -0.39 is 0 Å². The lowest BCUT2D eigenvalue weighted by molar-refractivity contribution is 0.186. The van der Waals surface area contributed by atoms with Gasteiger partial charge in [-0.1, -0.05) is 0 Å². The second kappa shape index (κ2) is 2.30. The van der Waals surface area contributed by atoms with E-state index in [0.717, 1.165) is 11.1 Å². The molecule has 5 heteroatoms. The zero-order valence-corrected chi connectivity index (χ0v) is 6.01. The van der Waals surface area contributed by atoms with Gasteiger partial charge in [-0.2, -0.15) is 9.71 Å². The van der Waals surface area contributed by atoms with Gasteiger partial charge in [0.25, 0.3) is 5.56 Å². The Bertz CT molecular complexity index is 437. The molecule has 0 aromatic heterocycles. The minimum absolute atomic E-state index is 0.220. The van der Waals surface area contributed by atoms with Crippen LogP contribution in [0.5, 0.6) is 0 Å². The molecule has 0 saturated carbocycles. The zero-order chi connectivity index (χ0) is 8.55. The number of hydrogen-bond donors (Lipinski definition) is 1. The van der Waals surface area contributed by atoms with E-state index in [1.807, 2.05) is 0 Å². The molecular weight excluding hydrogens is 158 g/mol. The van der Waals surface area contributed by atoms with Gasteiger partial charge < -0.3 is 5.21 Å². The van der Waals surface area contributed by atoms with Crippen LogP contribution in [-0.4, -0.2) is 19.9 Å². The first-order valence-electron chi connectivity index (χ1n) is 3.30. The number of nitrogens with zero attached hydrogens (tertiary/aromatic N) is 3. The van der Waals surface area contributed by atoms with Crippen LogP contribution in [-0.2, 0) is 0 Å². The van der Waals surface area contributed by atoms with Crippen LogP contribution in [0.4, 0.5) is 0 Å². The van der Waals surface area contributed by atoms with Crippen LogP contribution in [0.15, 0.2) is 29.5 Å². The lowest BCUT2D eigenvalue weighted by Gasteiger charge is -2.04. The average Bonchev–Trinajstić information content (AvgIpc) is 2.07. The number of hydrogen-bond acceptors (Lipinski definition) is 4. The molecule has 2 rings (SSSR count). The largest absolute Gasteiger partial charge is 0.427 e. The van der Waals surface area contributed by atoms with Crippen molar-refractivity contribution in [1.82, 2.24) is 14.7 Å². The molecule has 60 valence electrons. The maximum Gasteiger partial charge on any atom is 0.282 e. The van der Waals surface area contributed by atoms with Gasteiger partial charge in [-0.15, -0.1) is 0 Å². The van der Waals surface area contributed by atoms with Crippen LogP contribution in [0.3, 0.4) is 0 Å². The van der Waals surface area contributed by atoms with Crippen molar-refractivity contribution in [3.63, 3.8) is 0 Å². The highest BCUT2D eigenvalue weighted by atomic mass is 16.5. The van der Waals surface area contributed by atoms with Crippen molar-refractivity contribution in [3.05, 3.63) is 35.0 Å². The van der Waals surface area contributed by atoms with E-state index in [1.165, 1.54) is 6.20 Å². The van der Waals surface area contributed by atoms with E-state index in [1.54, 1.807) is 12.1 Å². The average molecular weight is 163 g/mol. The molecule has 0 unspecified atom stereocenters. The molecule has 2 aliphatic rings. The molecule has 0 aromatic carbocycles. The minimum Gasteiger partial charge on any atom is -0.427 e. The number of fused-ring (bicyclic) bond motifs is 1. The van der Waals surface area contributed by atoms with E-state index in [4.69, 9.17) is 0 Å². The summed E-state index contributed by atoms with van der Waals surface area (Å²) in [5.74, 6) is 0.220. The Balaban J connectivity index is 2.91. The molecule has 2 heterocycles. The van der Waals surface area contributed by atoms with E-state index in [0.29, 0.717) is 5.56 Å². The summed E-state index contributed by atoms with van der Waals surface area (Å²) in [5.41, 5.74) is -0.0779. The van der Waals surface area contributed by atoms with Crippen molar-refractivity contribution < 1.29 is 5.21 Å². The van der Waals surface area contributed by atoms with Crippen molar-refractivity contribution >= 4 is 0 Å². The predicted octanol–water partition coefficient (Wildman–Crippen LogP) is -0.0196.